The topological polar surface area (TPSA) is 97.5 Å². The third-order valence-electron chi connectivity index (χ3n) is 3.72. The summed E-state index contributed by atoms with van der Waals surface area (Å²) in [7, 11) is 1.47. The molecule has 1 aliphatic rings. The van der Waals surface area contributed by atoms with Crippen LogP contribution in [0.15, 0.2) is 12.1 Å². The molecule has 2 N–H and O–H groups in total. The first-order valence-corrected chi connectivity index (χ1v) is 6.72. The molecule has 2 atom stereocenters. The van der Waals surface area contributed by atoms with Crippen molar-refractivity contribution in [3.8, 4) is 5.88 Å². The summed E-state index contributed by atoms with van der Waals surface area (Å²) in [5.41, 5.74) is -0.0759. The van der Waals surface area contributed by atoms with Gasteiger partial charge >= 0.3 is 5.69 Å². The Balaban J connectivity index is 2.23. The van der Waals surface area contributed by atoms with Gasteiger partial charge in [0.2, 0.25) is 11.7 Å². The van der Waals surface area contributed by atoms with Crippen LogP contribution in [-0.2, 0) is 0 Å². The first-order valence-electron chi connectivity index (χ1n) is 6.72. The zero-order valence-electron chi connectivity index (χ0n) is 11.4. The van der Waals surface area contributed by atoms with Crippen molar-refractivity contribution in [1.82, 2.24) is 4.98 Å². The maximum Gasteiger partial charge on any atom is 0.311 e. The van der Waals surface area contributed by atoms with Crippen molar-refractivity contribution in [2.24, 2.45) is 5.92 Å². The van der Waals surface area contributed by atoms with E-state index in [9.17, 15) is 15.2 Å². The summed E-state index contributed by atoms with van der Waals surface area (Å²) in [5.74, 6) is 0.644. The zero-order valence-corrected chi connectivity index (χ0v) is 11.4. The van der Waals surface area contributed by atoms with E-state index in [2.05, 4.69) is 10.3 Å². The van der Waals surface area contributed by atoms with Crippen molar-refractivity contribution < 1.29 is 14.8 Å². The molecule has 7 nitrogen and oxygen atoms in total. The minimum atomic E-state index is -0.467. The highest BCUT2D eigenvalue weighted by atomic mass is 16.6. The average Bonchev–Trinajstić information content (AvgIpc) is 2.47. The lowest BCUT2D eigenvalue weighted by Gasteiger charge is -2.31. The van der Waals surface area contributed by atoms with Crippen LogP contribution in [0.2, 0.25) is 0 Å². The molecular weight excluding hydrogens is 262 g/mol. The Morgan fingerprint density at radius 3 is 2.90 bits per heavy atom. The molecule has 0 aromatic carbocycles. The number of nitrogens with zero attached hydrogens (tertiary/aromatic N) is 2. The molecule has 1 heterocycles. The van der Waals surface area contributed by atoms with Crippen LogP contribution in [0.5, 0.6) is 5.88 Å². The number of aliphatic hydroxyl groups is 1. The highest BCUT2D eigenvalue weighted by molar-refractivity contribution is 5.57. The fourth-order valence-electron chi connectivity index (χ4n) is 2.59. The number of hydrogen-bond donors (Lipinski definition) is 2. The van der Waals surface area contributed by atoms with Crippen molar-refractivity contribution >= 4 is 11.5 Å². The molecule has 0 aliphatic heterocycles. The molecule has 20 heavy (non-hydrogen) atoms. The molecule has 0 bridgehead atoms. The number of rotatable bonds is 5. The summed E-state index contributed by atoms with van der Waals surface area (Å²) in [5, 5.41) is 23.6. The number of hydrogen-bond acceptors (Lipinski definition) is 6. The van der Waals surface area contributed by atoms with Gasteiger partial charge in [-0.15, -0.1) is 0 Å². The lowest BCUT2D eigenvalue weighted by Crippen LogP contribution is -2.34. The smallest absolute Gasteiger partial charge is 0.311 e. The highest BCUT2D eigenvalue weighted by Gasteiger charge is 2.27. The summed E-state index contributed by atoms with van der Waals surface area (Å²) in [6.07, 6.45) is 3.93. The second kappa shape index (κ2) is 6.51. The third-order valence-corrected chi connectivity index (χ3v) is 3.72. The summed E-state index contributed by atoms with van der Waals surface area (Å²) in [6, 6.07) is 2.85. The van der Waals surface area contributed by atoms with E-state index in [1.165, 1.54) is 19.2 Å². The summed E-state index contributed by atoms with van der Waals surface area (Å²) >= 11 is 0. The zero-order chi connectivity index (χ0) is 14.5. The molecule has 110 valence electrons. The molecule has 7 heteroatoms. The molecule has 1 fully saturated rings. The Bertz CT molecular complexity index is 481. The number of methoxy groups -OCH3 is 1. The fourth-order valence-corrected chi connectivity index (χ4v) is 2.59. The molecule has 2 unspecified atom stereocenters. The minimum absolute atomic E-state index is 0.00653. The van der Waals surface area contributed by atoms with Crippen molar-refractivity contribution in [2.75, 3.05) is 19.0 Å². The monoisotopic (exact) mass is 281 g/mol. The van der Waals surface area contributed by atoms with E-state index in [0.717, 1.165) is 25.7 Å². The van der Waals surface area contributed by atoms with Gasteiger partial charge in [-0.2, -0.15) is 4.98 Å². The van der Waals surface area contributed by atoms with Crippen LogP contribution >= 0.6 is 0 Å². The first kappa shape index (κ1) is 14.5. The van der Waals surface area contributed by atoms with Crippen LogP contribution in [0.4, 0.5) is 11.5 Å². The van der Waals surface area contributed by atoms with Gasteiger partial charge in [0, 0.05) is 30.7 Å². The molecule has 1 aromatic heterocycles. The summed E-state index contributed by atoms with van der Waals surface area (Å²) in [6.45, 7) is 0.0788. The Hall–Kier alpha value is -1.89. The third kappa shape index (κ3) is 3.16. The molecule has 0 spiro atoms. The van der Waals surface area contributed by atoms with E-state index in [1.807, 2.05) is 0 Å². The highest BCUT2D eigenvalue weighted by Crippen LogP contribution is 2.31. The van der Waals surface area contributed by atoms with Crippen molar-refractivity contribution in [3.05, 3.63) is 22.2 Å². The van der Waals surface area contributed by atoms with E-state index < -0.39 is 4.92 Å². The Morgan fingerprint density at radius 1 is 1.50 bits per heavy atom. The van der Waals surface area contributed by atoms with Crippen LogP contribution in [-0.4, -0.2) is 34.8 Å². The van der Waals surface area contributed by atoms with Crippen molar-refractivity contribution in [2.45, 2.75) is 31.7 Å². The predicted octanol–water partition coefficient (Wildman–Crippen LogP) is 1.96. The maximum absolute atomic E-state index is 11.0. The second-order valence-corrected chi connectivity index (χ2v) is 4.96. The van der Waals surface area contributed by atoms with E-state index in [-0.39, 0.29) is 30.1 Å². The molecule has 0 amide bonds. The van der Waals surface area contributed by atoms with Crippen molar-refractivity contribution in [1.29, 1.82) is 0 Å². The predicted molar refractivity (Wildman–Crippen MR) is 73.9 cm³/mol. The molecule has 0 radical (unpaired) electrons. The standard InChI is InChI=1S/C13H19N3O4/c1-20-12-7-6-11(16(18)19)13(15-12)14-10-5-3-2-4-9(10)8-17/h6-7,9-10,17H,2-5,8H2,1H3,(H,14,15). The number of anilines is 1. The number of pyridine rings is 1. The van der Waals surface area contributed by atoms with Crippen LogP contribution < -0.4 is 10.1 Å². The summed E-state index contributed by atoms with van der Waals surface area (Å²) in [4.78, 5) is 14.7. The van der Waals surface area contributed by atoms with Crippen LogP contribution in [0.1, 0.15) is 25.7 Å². The van der Waals surface area contributed by atoms with E-state index in [1.54, 1.807) is 0 Å². The number of ether oxygens (including phenoxy) is 1. The van der Waals surface area contributed by atoms with E-state index in [0.29, 0.717) is 5.88 Å². The normalized spacial score (nSPS) is 22.3. The number of nitro groups is 1. The van der Waals surface area contributed by atoms with Crippen LogP contribution in [0.3, 0.4) is 0 Å². The molecule has 1 saturated carbocycles. The molecule has 0 saturated heterocycles. The van der Waals surface area contributed by atoms with Gasteiger partial charge in [-0.1, -0.05) is 12.8 Å². The fraction of sp³-hybridized carbons (Fsp3) is 0.615. The number of nitrogens with one attached hydrogen (secondary N) is 1. The lowest BCUT2D eigenvalue weighted by atomic mass is 9.85. The van der Waals surface area contributed by atoms with E-state index >= 15 is 0 Å². The average molecular weight is 281 g/mol. The second-order valence-electron chi connectivity index (χ2n) is 4.96. The van der Waals surface area contributed by atoms with E-state index in [4.69, 9.17) is 4.74 Å². The SMILES string of the molecule is COc1ccc([N+](=O)[O-])c(NC2CCCCC2CO)n1. The van der Waals surface area contributed by atoms with Crippen LogP contribution in [0, 0.1) is 16.0 Å². The molecular formula is C13H19N3O4. The van der Waals surface area contributed by atoms with Crippen LogP contribution in [0.25, 0.3) is 0 Å². The quantitative estimate of drug-likeness (QED) is 0.632. The first-order chi connectivity index (χ1) is 9.65. The molecule has 1 aliphatic carbocycles. The Kier molecular flexibility index (Phi) is 4.73. The Labute approximate surface area is 117 Å². The lowest BCUT2D eigenvalue weighted by molar-refractivity contribution is -0.384. The van der Waals surface area contributed by atoms with Gasteiger partial charge in [-0.3, -0.25) is 10.1 Å². The minimum Gasteiger partial charge on any atom is -0.481 e. The van der Waals surface area contributed by atoms with Gasteiger partial charge in [0.1, 0.15) is 0 Å². The number of aromatic nitrogens is 1. The molecule has 2 rings (SSSR count). The van der Waals surface area contributed by atoms with Gasteiger partial charge in [0.15, 0.2) is 0 Å². The largest absolute Gasteiger partial charge is 0.481 e. The maximum atomic E-state index is 11.0. The molecule has 1 aromatic rings. The van der Waals surface area contributed by atoms with Gasteiger partial charge in [-0.05, 0) is 12.8 Å². The van der Waals surface area contributed by atoms with Gasteiger partial charge in [0.05, 0.1) is 12.0 Å². The number of aliphatic hydroxyl groups excluding tert-OH is 1. The Morgan fingerprint density at radius 2 is 2.25 bits per heavy atom. The van der Waals surface area contributed by atoms with Gasteiger partial charge in [0.25, 0.3) is 0 Å². The van der Waals surface area contributed by atoms with Gasteiger partial charge < -0.3 is 15.2 Å². The summed E-state index contributed by atoms with van der Waals surface area (Å²) < 4.78 is 5.01. The van der Waals surface area contributed by atoms with Gasteiger partial charge in [-0.25, -0.2) is 0 Å². The van der Waals surface area contributed by atoms with Crippen molar-refractivity contribution in [3.63, 3.8) is 0 Å².